The van der Waals surface area contributed by atoms with E-state index in [1.807, 2.05) is 24.3 Å². The number of sulfonamides is 1. The Hall–Kier alpha value is -1.21. The van der Waals surface area contributed by atoms with Crippen LogP contribution in [0.2, 0.25) is 0 Å². The molecule has 0 radical (unpaired) electrons. The zero-order valence-corrected chi connectivity index (χ0v) is 13.8. The largest absolute Gasteiger partial charge is 0.306 e. The van der Waals surface area contributed by atoms with Crippen LogP contribution in [0.25, 0.3) is 0 Å². The Morgan fingerprint density at radius 1 is 1.14 bits per heavy atom. The van der Waals surface area contributed by atoms with Crippen LogP contribution in [0, 0.1) is 0 Å². The Kier molecular flexibility index (Phi) is 5.52. The van der Waals surface area contributed by atoms with Gasteiger partial charge in [-0.25, -0.2) is 13.1 Å². The van der Waals surface area contributed by atoms with E-state index in [1.165, 1.54) is 12.6 Å². The van der Waals surface area contributed by atoms with E-state index in [0.717, 1.165) is 17.7 Å². The van der Waals surface area contributed by atoms with Gasteiger partial charge in [-0.1, -0.05) is 24.3 Å². The molecule has 114 valence electrons. The SMILES string of the molecule is CNS(=O)(=O)Cc1ccc(CNC(C)c2ccsc2)cc1. The standard InChI is InChI=1S/C15H20N2O2S2/c1-12(15-7-8-20-10-15)17-9-13-3-5-14(6-4-13)11-21(18,19)16-2/h3-8,10,12,16-17H,9,11H2,1-2H3. The molecule has 0 aliphatic heterocycles. The highest BCUT2D eigenvalue weighted by molar-refractivity contribution is 7.88. The Labute approximate surface area is 130 Å². The molecule has 6 heteroatoms. The molecule has 1 unspecified atom stereocenters. The Bertz CT molecular complexity index is 649. The average molecular weight is 324 g/mol. The third kappa shape index (κ3) is 4.93. The summed E-state index contributed by atoms with van der Waals surface area (Å²) in [5, 5.41) is 7.67. The Morgan fingerprint density at radius 2 is 1.81 bits per heavy atom. The fourth-order valence-electron chi connectivity index (χ4n) is 1.96. The second kappa shape index (κ2) is 7.17. The van der Waals surface area contributed by atoms with Gasteiger partial charge in [0.05, 0.1) is 5.75 Å². The van der Waals surface area contributed by atoms with Gasteiger partial charge in [0.1, 0.15) is 0 Å². The fraction of sp³-hybridized carbons (Fsp3) is 0.333. The number of benzene rings is 1. The molecule has 0 bridgehead atoms. The van der Waals surface area contributed by atoms with Crippen molar-refractivity contribution in [2.24, 2.45) is 0 Å². The van der Waals surface area contributed by atoms with Crippen molar-refractivity contribution in [1.29, 1.82) is 0 Å². The maximum Gasteiger partial charge on any atom is 0.215 e. The molecule has 1 aromatic carbocycles. The fourth-order valence-corrected chi connectivity index (χ4v) is 3.48. The van der Waals surface area contributed by atoms with Crippen molar-refractivity contribution in [1.82, 2.24) is 10.0 Å². The molecule has 1 heterocycles. The summed E-state index contributed by atoms with van der Waals surface area (Å²) in [7, 11) is -1.78. The zero-order chi connectivity index (χ0) is 15.3. The minimum absolute atomic E-state index is 0.0164. The molecule has 0 spiro atoms. The lowest BCUT2D eigenvalue weighted by molar-refractivity contribution is 0.576. The molecule has 0 saturated heterocycles. The van der Waals surface area contributed by atoms with E-state index in [2.05, 4.69) is 33.8 Å². The summed E-state index contributed by atoms with van der Waals surface area (Å²) in [4.78, 5) is 0. The molecule has 1 atom stereocenters. The van der Waals surface area contributed by atoms with Crippen LogP contribution in [-0.2, 0) is 22.3 Å². The van der Waals surface area contributed by atoms with E-state index in [4.69, 9.17) is 0 Å². The van der Waals surface area contributed by atoms with E-state index >= 15 is 0 Å². The highest BCUT2D eigenvalue weighted by atomic mass is 32.2. The first-order chi connectivity index (χ1) is 10.00. The van der Waals surface area contributed by atoms with Crippen LogP contribution >= 0.6 is 11.3 Å². The van der Waals surface area contributed by atoms with Crippen LogP contribution in [-0.4, -0.2) is 15.5 Å². The number of rotatable bonds is 7. The monoisotopic (exact) mass is 324 g/mol. The Morgan fingerprint density at radius 3 is 2.38 bits per heavy atom. The minimum atomic E-state index is -3.21. The average Bonchev–Trinajstić information content (AvgIpc) is 3.00. The van der Waals surface area contributed by atoms with E-state index < -0.39 is 10.0 Å². The molecule has 0 saturated carbocycles. The third-order valence-corrected chi connectivity index (χ3v) is 5.38. The van der Waals surface area contributed by atoms with Crippen molar-refractivity contribution >= 4 is 21.4 Å². The van der Waals surface area contributed by atoms with Gasteiger partial charge in [-0.05, 0) is 47.5 Å². The first kappa shape index (κ1) is 16.2. The van der Waals surface area contributed by atoms with Crippen molar-refractivity contribution in [3.8, 4) is 0 Å². The van der Waals surface area contributed by atoms with E-state index in [9.17, 15) is 8.42 Å². The van der Waals surface area contributed by atoms with Gasteiger partial charge in [-0.2, -0.15) is 11.3 Å². The highest BCUT2D eigenvalue weighted by Crippen LogP contribution is 2.16. The maximum absolute atomic E-state index is 11.5. The summed E-state index contributed by atoms with van der Waals surface area (Å²) < 4.78 is 25.3. The predicted molar refractivity (Wildman–Crippen MR) is 87.7 cm³/mol. The van der Waals surface area contributed by atoms with Crippen LogP contribution < -0.4 is 10.0 Å². The molecule has 1 aromatic heterocycles. The van der Waals surface area contributed by atoms with Crippen LogP contribution in [0.1, 0.15) is 29.7 Å². The van der Waals surface area contributed by atoms with Crippen LogP contribution in [0.5, 0.6) is 0 Å². The van der Waals surface area contributed by atoms with Crippen molar-refractivity contribution in [3.63, 3.8) is 0 Å². The van der Waals surface area contributed by atoms with Crippen LogP contribution in [0.15, 0.2) is 41.1 Å². The maximum atomic E-state index is 11.5. The van der Waals surface area contributed by atoms with Gasteiger partial charge in [-0.15, -0.1) is 0 Å². The minimum Gasteiger partial charge on any atom is -0.306 e. The Balaban J connectivity index is 1.91. The number of hydrogen-bond donors (Lipinski definition) is 2. The zero-order valence-electron chi connectivity index (χ0n) is 12.2. The lowest BCUT2D eigenvalue weighted by atomic mass is 10.1. The second-order valence-electron chi connectivity index (χ2n) is 4.94. The number of nitrogens with one attached hydrogen (secondary N) is 2. The summed E-state index contributed by atoms with van der Waals surface area (Å²) in [5.74, 6) is 0.0164. The van der Waals surface area contributed by atoms with E-state index in [1.54, 1.807) is 11.3 Å². The van der Waals surface area contributed by atoms with Crippen molar-refractivity contribution < 1.29 is 8.42 Å². The lowest BCUT2D eigenvalue weighted by Gasteiger charge is -2.12. The summed E-state index contributed by atoms with van der Waals surface area (Å²) in [6.07, 6.45) is 0. The van der Waals surface area contributed by atoms with E-state index in [-0.39, 0.29) is 5.75 Å². The van der Waals surface area contributed by atoms with Crippen molar-refractivity contribution in [2.45, 2.75) is 25.3 Å². The van der Waals surface area contributed by atoms with Gasteiger partial charge in [0.2, 0.25) is 10.0 Å². The summed E-state index contributed by atoms with van der Waals surface area (Å²) >= 11 is 1.70. The first-order valence-corrected chi connectivity index (χ1v) is 9.34. The molecule has 2 rings (SSSR count). The normalized spacial score (nSPS) is 13.2. The van der Waals surface area contributed by atoms with Crippen molar-refractivity contribution in [2.75, 3.05) is 7.05 Å². The van der Waals surface area contributed by atoms with Gasteiger partial charge in [-0.3, -0.25) is 0 Å². The van der Waals surface area contributed by atoms with Crippen molar-refractivity contribution in [3.05, 3.63) is 57.8 Å². The van der Waals surface area contributed by atoms with E-state index in [0.29, 0.717) is 6.04 Å². The smallest absolute Gasteiger partial charge is 0.215 e. The first-order valence-electron chi connectivity index (χ1n) is 6.74. The molecule has 4 nitrogen and oxygen atoms in total. The van der Waals surface area contributed by atoms with Crippen LogP contribution in [0.3, 0.4) is 0 Å². The molecule has 2 aromatic rings. The highest BCUT2D eigenvalue weighted by Gasteiger charge is 2.08. The molecule has 0 amide bonds. The number of thiophene rings is 1. The topological polar surface area (TPSA) is 58.2 Å². The molecular formula is C15H20N2O2S2. The molecule has 0 aliphatic carbocycles. The van der Waals surface area contributed by atoms with Gasteiger partial charge in [0.25, 0.3) is 0 Å². The molecule has 0 fully saturated rings. The molecule has 2 N–H and O–H groups in total. The lowest BCUT2D eigenvalue weighted by Crippen LogP contribution is -2.20. The number of hydrogen-bond acceptors (Lipinski definition) is 4. The molecular weight excluding hydrogens is 304 g/mol. The summed E-state index contributed by atoms with van der Waals surface area (Å²) in [6.45, 7) is 2.89. The van der Waals surface area contributed by atoms with Crippen LogP contribution in [0.4, 0.5) is 0 Å². The summed E-state index contributed by atoms with van der Waals surface area (Å²) in [6, 6.07) is 10.1. The third-order valence-electron chi connectivity index (χ3n) is 3.35. The second-order valence-corrected chi connectivity index (χ2v) is 7.65. The quantitative estimate of drug-likeness (QED) is 0.823. The molecule has 0 aliphatic rings. The van der Waals surface area contributed by atoms with Gasteiger partial charge < -0.3 is 5.32 Å². The van der Waals surface area contributed by atoms with Gasteiger partial charge in [0.15, 0.2) is 0 Å². The van der Waals surface area contributed by atoms with Gasteiger partial charge in [0, 0.05) is 12.6 Å². The molecule has 21 heavy (non-hydrogen) atoms. The predicted octanol–water partition coefficient (Wildman–Crippen LogP) is 2.65. The summed E-state index contributed by atoms with van der Waals surface area (Å²) in [5.41, 5.74) is 3.22. The van der Waals surface area contributed by atoms with Gasteiger partial charge >= 0.3 is 0 Å².